The van der Waals surface area contributed by atoms with E-state index in [1.54, 1.807) is 19.1 Å². The van der Waals surface area contributed by atoms with E-state index in [9.17, 15) is 9.18 Å². The smallest absolute Gasteiger partial charge is 0.269 e. The fraction of sp³-hybridized carbons (Fsp3) is 0.0769. The van der Waals surface area contributed by atoms with Gasteiger partial charge in [-0.25, -0.2) is 9.97 Å². The minimum absolute atomic E-state index is 0.0619. The van der Waals surface area contributed by atoms with Crippen LogP contribution in [0, 0.1) is 12.9 Å². The van der Waals surface area contributed by atoms with Crippen molar-refractivity contribution in [3.8, 4) is 11.3 Å². The number of benzene rings is 1. The first-order chi connectivity index (χ1) is 10.4. The van der Waals surface area contributed by atoms with E-state index in [0.29, 0.717) is 16.6 Å². The number of H-pyrrole nitrogens is 1. The van der Waals surface area contributed by atoms with E-state index >= 15 is 0 Å². The summed E-state index contributed by atoms with van der Waals surface area (Å²) < 4.78 is 14.0. The van der Waals surface area contributed by atoms with E-state index in [4.69, 9.17) is 23.1 Å². The molecule has 0 aliphatic rings. The number of halogens is 2. The van der Waals surface area contributed by atoms with Crippen molar-refractivity contribution in [2.45, 2.75) is 6.92 Å². The summed E-state index contributed by atoms with van der Waals surface area (Å²) in [7, 11) is 0. The molecule has 0 saturated carbocycles. The minimum atomic E-state index is -0.847. The number of primary amides is 1. The number of anilines is 1. The van der Waals surface area contributed by atoms with Crippen molar-refractivity contribution in [2.75, 3.05) is 5.73 Å². The average Bonchev–Trinajstić information content (AvgIpc) is 2.83. The van der Waals surface area contributed by atoms with Crippen molar-refractivity contribution < 1.29 is 9.18 Å². The molecule has 2 heterocycles. The number of nitrogens with zero attached hydrogens (tertiary/aromatic N) is 3. The van der Waals surface area contributed by atoms with Crippen LogP contribution in [0.15, 0.2) is 12.1 Å². The Hall–Kier alpha value is -2.74. The van der Waals surface area contributed by atoms with Crippen LogP contribution in [0.3, 0.4) is 0 Å². The van der Waals surface area contributed by atoms with Gasteiger partial charge in [0.1, 0.15) is 5.69 Å². The molecule has 0 aliphatic carbocycles. The summed E-state index contributed by atoms with van der Waals surface area (Å²) in [6.07, 6.45) is 0. The van der Waals surface area contributed by atoms with Crippen LogP contribution in [0.25, 0.3) is 22.2 Å². The third kappa shape index (κ3) is 2.04. The zero-order valence-corrected chi connectivity index (χ0v) is 12.1. The maximum absolute atomic E-state index is 14.0. The molecule has 0 fully saturated rings. The number of rotatable bonds is 2. The van der Waals surface area contributed by atoms with E-state index in [2.05, 4.69) is 20.2 Å². The molecular formula is C13H10ClFN6O. The van der Waals surface area contributed by atoms with Crippen molar-refractivity contribution in [3.05, 3.63) is 34.6 Å². The zero-order valence-electron chi connectivity index (χ0n) is 11.3. The molecule has 0 saturated heterocycles. The first-order valence-electron chi connectivity index (χ1n) is 6.16. The number of carbonyl (C=O) groups is 1. The normalized spacial score (nSPS) is 11.0. The molecule has 3 aromatic rings. The fourth-order valence-electron chi connectivity index (χ4n) is 2.30. The van der Waals surface area contributed by atoms with Gasteiger partial charge in [-0.05, 0) is 30.2 Å². The highest BCUT2D eigenvalue weighted by Gasteiger charge is 2.22. The van der Waals surface area contributed by atoms with Gasteiger partial charge in [-0.15, -0.1) is 0 Å². The summed E-state index contributed by atoms with van der Waals surface area (Å²) in [5.41, 5.74) is 12.5. The molecule has 0 radical (unpaired) electrons. The van der Waals surface area contributed by atoms with E-state index in [1.807, 2.05) is 0 Å². The Bertz CT molecular complexity index is 923. The number of carbonyl (C=O) groups excluding carboxylic acids is 1. The third-order valence-corrected chi connectivity index (χ3v) is 3.44. The highest BCUT2D eigenvalue weighted by molar-refractivity contribution is 6.28. The second-order valence-corrected chi connectivity index (χ2v) is 5.00. The van der Waals surface area contributed by atoms with E-state index in [-0.39, 0.29) is 27.7 Å². The van der Waals surface area contributed by atoms with Crippen LogP contribution >= 0.6 is 11.6 Å². The third-order valence-electron chi connectivity index (χ3n) is 3.27. The maximum atomic E-state index is 14.0. The molecule has 0 bridgehead atoms. The SMILES string of the molecule is Cc1ccc2n[nH]c(F)c2c1-c1nc(Cl)nc(C(N)=O)c1N. The largest absolute Gasteiger partial charge is 0.395 e. The molecule has 22 heavy (non-hydrogen) atoms. The predicted molar refractivity (Wildman–Crippen MR) is 79.8 cm³/mol. The number of nitrogens with one attached hydrogen (secondary N) is 1. The van der Waals surface area contributed by atoms with Gasteiger partial charge in [0.15, 0.2) is 5.69 Å². The Morgan fingerprint density at radius 1 is 1.36 bits per heavy atom. The minimum Gasteiger partial charge on any atom is -0.395 e. The fourth-order valence-corrected chi connectivity index (χ4v) is 2.47. The lowest BCUT2D eigenvalue weighted by Gasteiger charge is -2.11. The van der Waals surface area contributed by atoms with Gasteiger partial charge in [-0.1, -0.05) is 6.07 Å². The maximum Gasteiger partial charge on any atom is 0.269 e. The molecule has 0 aliphatic heterocycles. The van der Waals surface area contributed by atoms with E-state index in [1.165, 1.54) is 0 Å². The summed E-state index contributed by atoms with van der Waals surface area (Å²) in [5, 5.41) is 6.10. The summed E-state index contributed by atoms with van der Waals surface area (Å²) in [6.45, 7) is 1.75. The Morgan fingerprint density at radius 3 is 2.77 bits per heavy atom. The van der Waals surface area contributed by atoms with Crippen molar-refractivity contribution in [2.24, 2.45) is 5.73 Å². The van der Waals surface area contributed by atoms with Crippen LogP contribution in [-0.4, -0.2) is 26.1 Å². The first-order valence-corrected chi connectivity index (χ1v) is 6.54. The number of nitrogen functional groups attached to an aromatic ring is 1. The van der Waals surface area contributed by atoms with E-state index in [0.717, 1.165) is 0 Å². The number of aromatic amines is 1. The van der Waals surface area contributed by atoms with Gasteiger partial charge in [-0.2, -0.15) is 9.49 Å². The lowest BCUT2D eigenvalue weighted by atomic mass is 9.99. The number of aryl methyl sites for hydroxylation is 1. The molecule has 7 nitrogen and oxygen atoms in total. The Morgan fingerprint density at radius 2 is 2.09 bits per heavy atom. The summed E-state index contributed by atoms with van der Waals surface area (Å²) >= 11 is 5.83. The molecule has 0 spiro atoms. The van der Waals surface area contributed by atoms with Gasteiger partial charge in [0, 0.05) is 5.56 Å². The summed E-state index contributed by atoms with van der Waals surface area (Å²) in [4.78, 5) is 19.2. The van der Waals surface area contributed by atoms with Crippen LogP contribution in [0.4, 0.5) is 10.1 Å². The molecule has 0 atom stereocenters. The highest BCUT2D eigenvalue weighted by Crippen LogP contribution is 2.35. The Kier molecular flexibility index (Phi) is 3.18. The lowest BCUT2D eigenvalue weighted by molar-refractivity contribution is 0.0996. The highest BCUT2D eigenvalue weighted by atomic mass is 35.5. The number of nitrogens with two attached hydrogens (primary N) is 2. The number of aromatic nitrogens is 4. The number of hydrogen-bond donors (Lipinski definition) is 3. The van der Waals surface area contributed by atoms with Crippen molar-refractivity contribution in [1.82, 2.24) is 20.2 Å². The topological polar surface area (TPSA) is 124 Å². The zero-order chi connectivity index (χ0) is 16.0. The van der Waals surface area contributed by atoms with Crippen LogP contribution < -0.4 is 11.5 Å². The van der Waals surface area contributed by atoms with Crippen LogP contribution in [0.5, 0.6) is 0 Å². The van der Waals surface area contributed by atoms with Gasteiger partial charge in [0.2, 0.25) is 11.2 Å². The van der Waals surface area contributed by atoms with Gasteiger partial charge < -0.3 is 11.5 Å². The van der Waals surface area contributed by atoms with Crippen LogP contribution in [-0.2, 0) is 0 Å². The Labute approximate surface area is 128 Å². The molecule has 3 rings (SSSR count). The average molecular weight is 321 g/mol. The molecule has 2 aromatic heterocycles. The number of hydrogen-bond acceptors (Lipinski definition) is 5. The van der Waals surface area contributed by atoms with Gasteiger partial charge in [0.05, 0.1) is 16.6 Å². The van der Waals surface area contributed by atoms with Crippen LogP contribution in [0.2, 0.25) is 5.28 Å². The molecule has 112 valence electrons. The summed E-state index contributed by atoms with van der Waals surface area (Å²) in [6, 6.07) is 3.39. The molecule has 5 N–H and O–H groups in total. The molecule has 1 amide bonds. The second-order valence-electron chi connectivity index (χ2n) is 4.66. The van der Waals surface area contributed by atoms with Crippen molar-refractivity contribution in [1.29, 1.82) is 0 Å². The first kappa shape index (κ1) is 14.2. The predicted octanol–water partition coefficient (Wildman–Crippen LogP) is 1.80. The van der Waals surface area contributed by atoms with E-state index < -0.39 is 11.9 Å². The monoisotopic (exact) mass is 320 g/mol. The number of fused-ring (bicyclic) bond motifs is 1. The second kappa shape index (κ2) is 4.92. The molecule has 0 unspecified atom stereocenters. The van der Waals surface area contributed by atoms with Gasteiger partial charge in [-0.3, -0.25) is 9.89 Å². The lowest BCUT2D eigenvalue weighted by Crippen LogP contribution is -2.17. The van der Waals surface area contributed by atoms with Crippen LogP contribution in [0.1, 0.15) is 16.1 Å². The molecular weight excluding hydrogens is 311 g/mol. The molecule has 9 heteroatoms. The summed E-state index contributed by atoms with van der Waals surface area (Å²) in [5.74, 6) is -1.48. The Balaban J connectivity index is 2.44. The van der Waals surface area contributed by atoms with Gasteiger partial charge >= 0.3 is 0 Å². The van der Waals surface area contributed by atoms with Crippen molar-refractivity contribution >= 4 is 34.1 Å². The number of amides is 1. The van der Waals surface area contributed by atoms with Crippen molar-refractivity contribution in [3.63, 3.8) is 0 Å². The standard InChI is InChI=1S/C13H10ClFN6O/c1-4-2-3-5-7(11(15)21-20-5)6(4)9-8(16)10(12(17)22)19-13(14)18-9/h2-3H,16H2,1H3,(H2,17,22)(H,20,21). The molecule has 1 aromatic carbocycles. The van der Waals surface area contributed by atoms with Gasteiger partial charge in [0.25, 0.3) is 5.91 Å². The quantitative estimate of drug-likeness (QED) is 0.621.